The van der Waals surface area contributed by atoms with Crippen molar-refractivity contribution in [1.82, 2.24) is 5.32 Å². The minimum absolute atomic E-state index is 0.0268. The molecule has 0 amide bonds. The Morgan fingerprint density at radius 2 is 1.95 bits per heavy atom. The van der Waals surface area contributed by atoms with E-state index in [4.69, 9.17) is 6.11 Å². The summed E-state index contributed by atoms with van der Waals surface area (Å²) in [6, 6.07) is 16.3. The standard InChI is InChI=1S/C17H21NO/c1-14-8-6-7-11-16(14)19-17(12-13-18-2)15-9-4-3-5-10-15/h3-11,17-18H,12-13H2,1-2H3/i6D. The second-order valence-electron chi connectivity index (χ2n) is 4.60. The molecule has 0 aliphatic heterocycles. The van der Waals surface area contributed by atoms with Gasteiger partial charge in [0.25, 0.3) is 0 Å². The first-order valence-corrected chi connectivity index (χ1v) is 6.64. The lowest BCUT2D eigenvalue weighted by atomic mass is 10.1. The van der Waals surface area contributed by atoms with Crippen molar-refractivity contribution >= 4 is 0 Å². The van der Waals surface area contributed by atoms with Crippen LogP contribution in [-0.2, 0) is 0 Å². The Hall–Kier alpha value is -1.80. The summed E-state index contributed by atoms with van der Waals surface area (Å²) >= 11 is 0. The summed E-state index contributed by atoms with van der Waals surface area (Å²) in [6.45, 7) is 2.88. The van der Waals surface area contributed by atoms with Crippen LogP contribution in [0.15, 0.2) is 54.6 Å². The van der Waals surface area contributed by atoms with Crippen molar-refractivity contribution in [1.29, 1.82) is 0 Å². The van der Waals surface area contributed by atoms with E-state index in [0.29, 0.717) is 6.04 Å². The number of aryl methyl sites for hydroxylation is 1. The highest BCUT2D eigenvalue weighted by molar-refractivity contribution is 5.33. The van der Waals surface area contributed by atoms with E-state index >= 15 is 0 Å². The number of nitrogens with one attached hydrogen (secondary N) is 1. The van der Waals surface area contributed by atoms with Gasteiger partial charge in [-0.1, -0.05) is 48.5 Å². The van der Waals surface area contributed by atoms with Gasteiger partial charge in [-0.15, -0.1) is 0 Å². The van der Waals surface area contributed by atoms with E-state index in [1.54, 1.807) is 6.07 Å². The van der Waals surface area contributed by atoms with Gasteiger partial charge in [0, 0.05) is 6.42 Å². The summed E-state index contributed by atoms with van der Waals surface area (Å²) in [7, 11) is 1.95. The fourth-order valence-electron chi connectivity index (χ4n) is 2.02. The topological polar surface area (TPSA) is 21.3 Å². The molecule has 0 saturated carbocycles. The van der Waals surface area contributed by atoms with Crippen LogP contribution in [0.2, 0.25) is 0 Å². The molecule has 100 valence electrons. The largest absolute Gasteiger partial charge is 0.485 e. The molecule has 0 aliphatic rings. The van der Waals surface area contributed by atoms with E-state index in [0.717, 1.165) is 24.3 Å². The van der Waals surface area contributed by atoms with E-state index in [2.05, 4.69) is 17.4 Å². The van der Waals surface area contributed by atoms with Crippen molar-refractivity contribution in [3.63, 3.8) is 0 Å². The molecule has 19 heavy (non-hydrogen) atoms. The maximum Gasteiger partial charge on any atom is 0.125 e. The van der Waals surface area contributed by atoms with Gasteiger partial charge in [0.15, 0.2) is 0 Å². The van der Waals surface area contributed by atoms with Gasteiger partial charge in [-0.05, 0) is 37.7 Å². The predicted octanol–water partition coefficient (Wildman–Crippen LogP) is 3.72. The minimum Gasteiger partial charge on any atom is -0.485 e. The molecule has 0 fully saturated rings. The highest BCUT2D eigenvalue weighted by atomic mass is 16.5. The van der Waals surface area contributed by atoms with Gasteiger partial charge >= 0.3 is 0 Å². The number of hydrogen-bond donors (Lipinski definition) is 1. The van der Waals surface area contributed by atoms with E-state index in [-0.39, 0.29) is 6.10 Å². The van der Waals surface area contributed by atoms with E-state index < -0.39 is 0 Å². The average molecular weight is 256 g/mol. The average Bonchev–Trinajstić information content (AvgIpc) is 2.46. The van der Waals surface area contributed by atoms with Crippen LogP contribution in [0, 0.1) is 6.92 Å². The van der Waals surface area contributed by atoms with Crippen molar-refractivity contribution in [3.05, 3.63) is 65.7 Å². The first-order valence-electron chi connectivity index (χ1n) is 7.14. The molecule has 0 bridgehead atoms. The van der Waals surface area contributed by atoms with E-state index in [1.807, 2.05) is 44.3 Å². The lowest BCUT2D eigenvalue weighted by Crippen LogP contribution is -2.16. The molecule has 0 spiro atoms. The quantitative estimate of drug-likeness (QED) is 0.850. The molecule has 2 aromatic rings. The number of hydrogen-bond acceptors (Lipinski definition) is 2. The monoisotopic (exact) mass is 256 g/mol. The van der Waals surface area contributed by atoms with Gasteiger partial charge in [0.05, 0.1) is 1.37 Å². The van der Waals surface area contributed by atoms with Crippen LogP contribution in [0.25, 0.3) is 0 Å². The van der Waals surface area contributed by atoms with E-state index in [1.165, 1.54) is 5.56 Å². The molecule has 2 heteroatoms. The number of ether oxygens (including phenoxy) is 1. The zero-order chi connectivity index (χ0) is 14.4. The smallest absolute Gasteiger partial charge is 0.125 e. The molecule has 2 rings (SSSR count). The molecule has 1 unspecified atom stereocenters. The summed E-state index contributed by atoms with van der Waals surface area (Å²) in [6.07, 6.45) is 0.932. The Morgan fingerprint density at radius 3 is 2.63 bits per heavy atom. The van der Waals surface area contributed by atoms with Gasteiger partial charge in [0.2, 0.25) is 0 Å². The SMILES string of the molecule is [2H]c1ccc(OC(CCNC)c2ccccc2)c(C)c1. The highest BCUT2D eigenvalue weighted by Crippen LogP contribution is 2.26. The number of rotatable bonds is 6. The molecule has 0 aromatic heterocycles. The predicted molar refractivity (Wildman–Crippen MR) is 79.5 cm³/mol. The third kappa shape index (κ3) is 3.83. The second-order valence-corrected chi connectivity index (χ2v) is 4.60. The molecular weight excluding hydrogens is 234 g/mol. The molecule has 0 aliphatic carbocycles. The van der Waals surface area contributed by atoms with Crippen LogP contribution in [0.3, 0.4) is 0 Å². The summed E-state index contributed by atoms with van der Waals surface area (Å²) in [4.78, 5) is 0. The third-order valence-electron chi connectivity index (χ3n) is 3.12. The molecular formula is C17H21NO. The summed E-state index contributed by atoms with van der Waals surface area (Å²) in [5.74, 6) is 0.853. The van der Waals surface area contributed by atoms with Gasteiger partial charge in [-0.25, -0.2) is 0 Å². The Kier molecular flexibility index (Phi) is 4.48. The Labute approximate surface area is 116 Å². The highest BCUT2D eigenvalue weighted by Gasteiger charge is 2.13. The van der Waals surface area contributed by atoms with Crippen LogP contribution in [0.4, 0.5) is 0 Å². The molecule has 1 atom stereocenters. The molecule has 1 N–H and O–H groups in total. The van der Waals surface area contributed by atoms with Gasteiger partial charge in [-0.3, -0.25) is 0 Å². The fraction of sp³-hybridized carbons (Fsp3) is 0.294. The lowest BCUT2D eigenvalue weighted by Gasteiger charge is -2.20. The van der Waals surface area contributed by atoms with Gasteiger partial charge in [-0.2, -0.15) is 0 Å². The van der Waals surface area contributed by atoms with Crippen LogP contribution in [0.5, 0.6) is 5.75 Å². The molecule has 0 radical (unpaired) electrons. The van der Waals surface area contributed by atoms with Crippen LogP contribution in [0.1, 0.15) is 25.0 Å². The zero-order valence-corrected chi connectivity index (χ0v) is 11.5. The first-order chi connectivity index (χ1) is 9.70. The zero-order valence-electron chi connectivity index (χ0n) is 12.5. The molecule has 0 heterocycles. The van der Waals surface area contributed by atoms with Crippen molar-refractivity contribution in [3.8, 4) is 5.75 Å². The van der Waals surface area contributed by atoms with Gasteiger partial charge < -0.3 is 10.1 Å². The Morgan fingerprint density at radius 1 is 1.16 bits per heavy atom. The number of benzene rings is 2. The minimum atomic E-state index is 0.0268. The Bertz CT molecular complexity index is 542. The number of para-hydroxylation sites is 1. The second kappa shape index (κ2) is 6.95. The summed E-state index contributed by atoms with van der Waals surface area (Å²) in [5.41, 5.74) is 2.18. The molecule has 0 saturated heterocycles. The van der Waals surface area contributed by atoms with Crippen LogP contribution in [-0.4, -0.2) is 13.6 Å². The van der Waals surface area contributed by atoms with Crippen molar-refractivity contribution in [2.45, 2.75) is 19.4 Å². The lowest BCUT2D eigenvalue weighted by molar-refractivity contribution is 0.193. The first kappa shape index (κ1) is 12.2. The van der Waals surface area contributed by atoms with Crippen molar-refractivity contribution < 1.29 is 6.11 Å². The van der Waals surface area contributed by atoms with Gasteiger partial charge in [0.1, 0.15) is 11.9 Å². The summed E-state index contributed by atoms with van der Waals surface area (Å²) < 4.78 is 13.8. The van der Waals surface area contributed by atoms with Crippen molar-refractivity contribution in [2.75, 3.05) is 13.6 Å². The normalized spacial score (nSPS) is 12.8. The summed E-state index contributed by atoms with van der Waals surface area (Å²) in [5, 5.41) is 3.17. The molecule has 2 aromatic carbocycles. The van der Waals surface area contributed by atoms with E-state index in [9.17, 15) is 0 Å². The van der Waals surface area contributed by atoms with Crippen LogP contribution >= 0.6 is 0 Å². The molecule has 2 nitrogen and oxygen atoms in total. The maximum atomic E-state index is 7.62. The Balaban J connectivity index is 2.19. The fourth-order valence-corrected chi connectivity index (χ4v) is 2.02. The van der Waals surface area contributed by atoms with Crippen molar-refractivity contribution in [2.24, 2.45) is 0 Å². The van der Waals surface area contributed by atoms with Crippen LogP contribution < -0.4 is 10.1 Å². The third-order valence-corrected chi connectivity index (χ3v) is 3.12. The maximum absolute atomic E-state index is 7.62.